The largest absolute Gasteiger partial charge is 0.356 e. The zero-order chi connectivity index (χ0) is 18.0. The third-order valence-corrected chi connectivity index (χ3v) is 5.02. The van der Waals surface area contributed by atoms with Crippen LogP contribution in [0.25, 0.3) is 21.8 Å². The van der Waals surface area contributed by atoms with Crippen LogP contribution in [0.2, 0.25) is 5.02 Å². The lowest BCUT2D eigenvalue weighted by atomic mass is 10.1. The number of aromatic nitrogens is 1. The van der Waals surface area contributed by atoms with E-state index in [4.69, 9.17) is 11.6 Å². The Morgan fingerprint density at radius 2 is 1.72 bits per heavy atom. The van der Waals surface area contributed by atoms with Crippen LogP contribution in [-0.2, 0) is 4.79 Å². The fourth-order valence-electron chi connectivity index (χ4n) is 3.70. The molecule has 1 aromatic heterocycles. The maximum absolute atomic E-state index is 11.7. The summed E-state index contributed by atoms with van der Waals surface area (Å²) < 4.78 is 2.40. The average Bonchev–Trinajstić information content (AvgIpc) is 2.76. The van der Waals surface area contributed by atoms with E-state index in [9.17, 15) is 4.79 Å². The first-order chi connectivity index (χ1) is 12.1. The summed E-state index contributed by atoms with van der Waals surface area (Å²) in [5, 5.41) is 6.17. The van der Waals surface area contributed by atoms with Crippen LogP contribution in [0.5, 0.6) is 0 Å². The van der Waals surface area contributed by atoms with Crippen molar-refractivity contribution in [2.24, 2.45) is 0 Å². The van der Waals surface area contributed by atoms with E-state index in [1.54, 1.807) is 0 Å². The summed E-state index contributed by atoms with van der Waals surface area (Å²) in [6.45, 7) is 6.85. The van der Waals surface area contributed by atoms with Gasteiger partial charge in [-0.25, -0.2) is 0 Å². The third-order valence-electron chi connectivity index (χ3n) is 4.79. The van der Waals surface area contributed by atoms with E-state index in [2.05, 4.69) is 47.1 Å². The van der Waals surface area contributed by atoms with E-state index in [1.807, 2.05) is 19.9 Å². The molecule has 0 bridgehead atoms. The molecule has 4 rings (SSSR count). The molecule has 1 N–H and O–H groups in total. The van der Waals surface area contributed by atoms with Crippen molar-refractivity contribution < 1.29 is 4.79 Å². The van der Waals surface area contributed by atoms with Crippen LogP contribution in [0.1, 0.15) is 44.7 Å². The fourth-order valence-corrected chi connectivity index (χ4v) is 3.87. The number of aryl methyl sites for hydroxylation is 1. The molecule has 3 nitrogen and oxygen atoms in total. The summed E-state index contributed by atoms with van der Waals surface area (Å²) >= 11 is 6.24. The summed E-state index contributed by atoms with van der Waals surface area (Å²) in [7, 11) is 0. The molecule has 1 fully saturated rings. The number of benzene rings is 2. The molecule has 1 atom stereocenters. The molecule has 2 aromatic carbocycles. The molecular formula is C21H25ClN2O. The van der Waals surface area contributed by atoms with Crippen LogP contribution < -0.4 is 5.32 Å². The summed E-state index contributed by atoms with van der Waals surface area (Å²) in [4.78, 5) is 11.7. The highest BCUT2D eigenvalue weighted by molar-refractivity contribution is 6.31. The Hall–Kier alpha value is -2.00. The standard InChI is InChI=1S/C19H19ClN2O.C2H6/c1-12-2-5-17-15(10-12)16-11-13(20)3-6-18(16)22(17)14-4-7-19(23)21-9-8-14;1-2/h2-3,5-6,10-11,14H,4,7-9H2,1H3,(H,21,23);1-2H3. The Morgan fingerprint density at radius 1 is 1.04 bits per heavy atom. The number of rotatable bonds is 1. The van der Waals surface area contributed by atoms with Crippen molar-refractivity contribution >= 4 is 39.3 Å². The van der Waals surface area contributed by atoms with Gasteiger partial charge in [-0.05, 0) is 50.1 Å². The molecule has 0 radical (unpaired) electrons. The van der Waals surface area contributed by atoms with E-state index in [0.717, 1.165) is 24.4 Å². The number of amides is 1. The number of hydrogen-bond acceptors (Lipinski definition) is 1. The second-order valence-electron chi connectivity index (χ2n) is 6.38. The SMILES string of the molecule is CC.Cc1ccc2c(c1)c1cc(Cl)ccc1n2C1CCNC(=O)CC1. The molecule has 2 heterocycles. The van der Waals surface area contributed by atoms with Gasteiger partial charge in [0.15, 0.2) is 0 Å². The highest BCUT2D eigenvalue weighted by atomic mass is 35.5. The average molecular weight is 357 g/mol. The summed E-state index contributed by atoms with van der Waals surface area (Å²) in [6, 6.07) is 13.0. The van der Waals surface area contributed by atoms with Crippen molar-refractivity contribution in [3.8, 4) is 0 Å². The Morgan fingerprint density at radius 3 is 2.48 bits per heavy atom. The van der Waals surface area contributed by atoms with Gasteiger partial charge in [0.25, 0.3) is 0 Å². The molecule has 4 heteroatoms. The van der Waals surface area contributed by atoms with Gasteiger partial charge in [0.2, 0.25) is 5.91 Å². The minimum absolute atomic E-state index is 0.159. The normalized spacial score (nSPS) is 17.8. The maximum Gasteiger partial charge on any atom is 0.220 e. The van der Waals surface area contributed by atoms with Crippen molar-refractivity contribution in [3.05, 3.63) is 47.0 Å². The first kappa shape index (κ1) is 17.8. The number of carbonyl (C=O) groups excluding carboxylic acids is 1. The van der Waals surface area contributed by atoms with Crippen LogP contribution in [0.4, 0.5) is 0 Å². The van der Waals surface area contributed by atoms with Crippen LogP contribution in [0, 0.1) is 6.92 Å². The Balaban J connectivity index is 0.000000880. The maximum atomic E-state index is 11.7. The van der Waals surface area contributed by atoms with E-state index < -0.39 is 0 Å². The summed E-state index contributed by atoms with van der Waals surface area (Å²) in [5.41, 5.74) is 3.68. The topological polar surface area (TPSA) is 34.0 Å². The van der Waals surface area contributed by atoms with Gasteiger partial charge in [-0.2, -0.15) is 0 Å². The predicted octanol–water partition coefficient (Wildman–Crippen LogP) is 5.62. The first-order valence-corrected chi connectivity index (χ1v) is 9.48. The number of hydrogen-bond donors (Lipinski definition) is 1. The van der Waals surface area contributed by atoms with Gasteiger partial charge in [0.05, 0.1) is 0 Å². The number of fused-ring (bicyclic) bond motifs is 3. The van der Waals surface area contributed by atoms with Gasteiger partial charge >= 0.3 is 0 Å². The Bertz CT molecular complexity index is 854. The van der Waals surface area contributed by atoms with Crippen molar-refractivity contribution in [2.75, 3.05) is 6.54 Å². The van der Waals surface area contributed by atoms with Crippen LogP contribution in [0.3, 0.4) is 0 Å². The van der Waals surface area contributed by atoms with E-state index >= 15 is 0 Å². The van der Waals surface area contributed by atoms with Gasteiger partial charge in [-0.15, -0.1) is 0 Å². The molecule has 1 saturated heterocycles. The first-order valence-electron chi connectivity index (χ1n) is 9.10. The second kappa shape index (κ2) is 7.49. The molecule has 0 saturated carbocycles. The Labute approximate surface area is 154 Å². The number of nitrogens with zero attached hydrogens (tertiary/aromatic N) is 1. The molecule has 1 unspecified atom stereocenters. The van der Waals surface area contributed by atoms with Gasteiger partial charge in [-0.3, -0.25) is 4.79 Å². The highest BCUT2D eigenvalue weighted by Crippen LogP contribution is 2.36. The van der Waals surface area contributed by atoms with Gasteiger partial charge < -0.3 is 9.88 Å². The minimum Gasteiger partial charge on any atom is -0.356 e. The molecule has 0 spiro atoms. The van der Waals surface area contributed by atoms with E-state index in [1.165, 1.54) is 27.4 Å². The molecular weight excluding hydrogens is 332 g/mol. The quantitative estimate of drug-likeness (QED) is 0.602. The molecule has 1 amide bonds. The van der Waals surface area contributed by atoms with E-state index in [0.29, 0.717) is 12.5 Å². The molecule has 1 aliphatic rings. The minimum atomic E-state index is 0.159. The van der Waals surface area contributed by atoms with Crippen molar-refractivity contribution in [3.63, 3.8) is 0 Å². The summed E-state index contributed by atoms with van der Waals surface area (Å²) in [5.74, 6) is 0.159. The molecule has 0 aliphatic carbocycles. The van der Waals surface area contributed by atoms with Crippen molar-refractivity contribution in [2.45, 2.75) is 46.1 Å². The predicted molar refractivity (Wildman–Crippen MR) is 106 cm³/mol. The number of nitrogens with one attached hydrogen (secondary N) is 1. The molecule has 3 aromatic rings. The van der Waals surface area contributed by atoms with E-state index in [-0.39, 0.29) is 5.91 Å². The lowest BCUT2D eigenvalue weighted by Gasteiger charge is -2.19. The molecule has 25 heavy (non-hydrogen) atoms. The second-order valence-corrected chi connectivity index (χ2v) is 6.82. The van der Waals surface area contributed by atoms with Crippen molar-refractivity contribution in [1.29, 1.82) is 0 Å². The van der Waals surface area contributed by atoms with Gasteiger partial charge in [-0.1, -0.05) is 37.1 Å². The molecule has 1 aliphatic heterocycles. The molecule has 132 valence electrons. The monoisotopic (exact) mass is 356 g/mol. The zero-order valence-corrected chi connectivity index (χ0v) is 15.9. The zero-order valence-electron chi connectivity index (χ0n) is 15.1. The Kier molecular flexibility index (Phi) is 5.33. The smallest absolute Gasteiger partial charge is 0.220 e. The van der Waals surface area contributed by atoms with Gasteiger partial charge in [0.1, 0.15) is 0 Å². The number of halogens is 1. The number of carbonyl (C=O) groups is 1. The lowest BCUT2D eigenvalue weighted by molar-refractivity contribution is -0.120. The van der Waals surface area contributed by atoms with Crippen LogP contribution >= 0.6 is 11.6 Å². The van der Waals surface area contributed by atoms with Gasteiger partial charge in [0, 0.05) is 45.8 Å². The van der Waals surface area contributed by atoms with Crippen LogP contribution in [0.15, 0.2) is 36.4 Å². The highest BCUT2D eigenvalue weighted by Gasteiger charge is 2.21. The third kappa shape index (κ3) is 3.38. The summed E-state index contributed by atoms with van der Waals surface area (Å²) in [6.07, 6.45) is 2.42. The van der Waals surface area contributed by atoms with Crippen molar-refractivity contribution in [1.82, 2.24) is 9.88 Å². The lowest BCUT2D eigenvalue weighted by Crippen LogP contribution is -2.21. The fraction of sp³-hybridized carbons (Fsp3) is 0.381. The van der Waals surface area contributed by atoms with Crippen LogP contribution in [-0.4, -0.2) is 17.0 Å².